The predicted octanol–water partition coefficient (Wildman–Crippen LogP) is 1.57. The van der Waals surface area contributed by atoms with Gasteiger partial charge >= 0.3 is 0 Å². The number of nitrogens with zero attached hydrogens (tertiary/aromatic N) is 8. The van der Waals surface area contributed by atoms with Gasteiger partial charge in [0.05, 0.1) is 16.6 Å². The Morgan fingerprint density at radius 3 is 2.52 bits per heavy atom. The first kappa shape index (κ1) is 15.4. The fourth-order valence-electron chi connectivity index (χ4n) is 3.11. The van der Waals surface area contributed by atoms with Gasteiger partial charge < -0.3 is 0 Å². The van der Waals surface area contributed by atoms with Crippen LogP contribution < -0.4 is 5.56 Å². The molecule has 0 N–H and O–H groups in total. The minimum atomic E-state index is -0.242. The summed E-state index contributed by atoms with van der Waals surface area (Å²) in [7, 11) is 0. The van der Waals surface area contributed by atoms with Crippen molar-refractivity contribution >= 4 is 16.7 Å². The molecule has 4 aromatic heterocycles. The van der Waals surface area contributed by atoms with E-state index in [0.29, 0.717) is 34.6 Å². The highest BCUT2D eigenvalue weighted by atomic mass is 16.1. The molecule has 0 amide bonds. The largest absolute Gasteiger partial charge is 0.281 e. The molecule has 0 unspecified atom stereocenters. The maximum atomic E-state index is 13.3. The molecule has 0 bridgehead atoms. The summed E-state index contributed by atoms with van der Waals surface area (Å²) in [5.74, 6) is 1.15. The summed E-state index contributed by atoms with van der Waals surface area (Å²) in [5, 5.41) is 12.6. The van der Waals surface area contributed by atoms with Crippen LogP contribution in [0.1, 0.15) is 12.7 Å². The van der Waals surface area contributed by atoms with Crippen molar-refractivity contribution in [1.29, 1.82) is 0 Å². The van der Waals surface area contributed by atoms with Crippen molar-refractivity contribution in [2.24, 2.45) is 0 Å². The SMILES string of the molecule is CCc1nc2nc3ccn(-n4cnnc4)c(=O)c3c(-c3ccccc3)n2n1. The first-order valence-electron chi connectivity index (χ1n) is 8.48. The first-order valence-corrected chi connectivity index (χ1v) is 8.48. The molecule has 1 aromatic carbocycles. The van der Waals surface area contributed by atoms with Gasteiger partial charge in [0.1, 0.15) is 12.7 Å². The third-order valence-corrected chi connectivity index (χ3v) is 4.37. The monoisotopic (exact) mass is 358 g/mol. The van der Waals surface area contributed by atoms with E-state index in [1.54, 1.807) is 16.8 Å². The second-order valence-corrected chi connectivity index (χ2v) is 5.99. The smallest absolute Gasteiger partial charge is 0.267 e. The minimum absolute atomic E-state index is 0.242. The average molecular weight is 358 g/mol. The fourth-order valence-corrected chi connectivity index (χ4v) is 3.11. The lowest BCUT2D eigenvalue weighted by Crippen LogP contribution is -2.25. The van der Waals surface area contributed by atoms with Crippen LogP contribution in [0.25, 0.3) is 27.9 Å². The lowest BCUT2D eigenvalue weighted by Gasteiger charge is -2.11. The zero-order valence-corrected chi connectivity index (χ0v) is 14.4. The van der Waals surface area contributed by atoms with Gasteiger partial charge in [-0.2, -0.15) is 9.50 Å². The molecule has 0 saturated heterocycles. The summed E-state index contributed by atoms with van der Waals surface area (Å²) in [6.07, 6.45) is 5.25. The van der Waals surface area contributed by atoms with Gasteiger partial charge in [-0.15, -0.1) is 15.3 Å². The molecule has 0 saturated carbocycles. The number of hydrogen-bond donors (Lipinski definition) is 0. The van der Waals surface area contributed by atoms with Crippen LogP contribution in [0.5, 0.6) is 0 Å². The van der Waals surface area contributed by atoms with E-state index in [9.17, 15) is 4.79 Å². The second-order valence-electron chi connectivity index (χ2n) is 5.99. The standard InChI is InChI=1S/C18H14N8O/c1-2-14-22-18-21-13-8-9-25(24-10-19-20-11-24)17(27)15(13)16(26(18)23-14)12-6-4-3-5-7-12/h3-11H,2H2,1H3. The van der Waals surface area contributed by atoms with Crippen molar-refractivity contribution in [3.05, 3.63) is 71.4 Å². The van der Waals surface area contributed by atoms with Gasteiger partial charge in [0, 0.05) is 18.2 Å². The number of fused-ring (bicyclic) bond motifs is 2. The molecule has 0 fully saturated rings. The molecular weight excluding hydrogens is 344 g/mol. The Morgan fingerprint density at radius 2 is 1.78 bits per heavy atom. The lowest BCUT2D eigenvalue weighted by atomic mass is 10.1. The third kappa shape index (κ3) is 2.32. The summed E-state index contributed by atoms with van der Waals surface area (Å²) < 4.78 is 4.59. The molecular formula is C18H14N8O. The molecule has 0 aliphatic rings. The first-order chi connectivity index (χ1) is 13.3. The number of benzene rings is 1. The number of aromatic nitrogens is 8. The molecule has 9 heteroatoms. The van der Waals surface area contributed by atoms with Gasteiger partial charge in [-0.25, -0.2) is 14.3 Å². The summed E-state index contributed by atoms with van der Waals surface area (Å²) in [6, 6.07) is 11.4. The van der Waals surface area contributed by atoms with Gasteiger partial charge in [-0.05, 0) is 6.07 Å². The van der Waals surface area contributed by atoms with E-state index in [4.69, 9.17) is 0 Å². The number of hydrogen-bond acceptors (Lipinski definition) is 6. The van der Waals surface area contributed by atoms with E-state index in [2.05, 4.69) is 25.3 Å². The molecule has 5 aromatic rings. The van der Waals surface area contributed by atoms with E-state index in [0.717, 1.165) is 5.56 Å². The van der Waals surface area contributed by atoms with Gasteiger partial charge in [-0.1, -0.05) is 37.3 Å². The van der Waals surface area contributed by atoms with E-state index in [-0.39, 0.29) is 5.56 Å². The highest BCUT2D eigenvalue weighted by Crippen LogP contribution is 2.26. The van der Waals surface area contributed by atoms with Gasteiger partial charge in [0.25, 0.3) is 11.3 Å². The van der Waals surface area contributed by atoms with Crippen molar-refractivity contribution in [3.63, 3.8) is 0 Å². The quantitative estimate of drug-likeness (QED) is 0.486. The van der Waals surface area contributed by atoms with Crippen LogP contribution in [0.4, 0.5) is 0 Å². The highest BCUT2D eigenvalue weighted by molar-refractivity contribution is 5.93. The summed E-state index contributed by atoms with van der Waals surface area (Å²) in [6.45, 7) is 1.98. The van der Waals surface area contributed by atoms with E-state index in [1.807, 2.05) is 37.3 Å². The van der Waals surface area contributed by atoms with Gasteiger partial charge in [0.2, 0.25) is 0 Å². The Kier molecular flexibility index (Phi) is 3.32. The number of aryl methyl sites for hydroxylation is 1. The van der Waals surface area contributed by atoms with Crippen molar-refractivity contribution < 1.29 is 0 Å². The van der Waals surface area contributed by atoms with Crippen molar-refractivity contribution in [2.45, 2.75) is 13.3 Å². The fraction of sp³-hybridized carbons (Fsp3) is 0.111. The van der Waals surface area contributed by atoms with Crippen LogP contribution in [-0.4, -0.2) is 39.1 Å². The lowest BCUT2D eigenvalue weighted by molar-refractivity contribution is 0.632. The Labute approximate surface area is 152 Å². The molecule has 132 valence electrons. The summed E-state index contributed by atoms with van der Waals surface area (Å²) >= 11 is 0. The predicted molar refractivity (Wildman–Crippen MR) is 98.2 cm³/mol. The zero-order valence-electron chi connectivity index (χ0n) is 14.4. The Bertz CT molecular complexity index is 1320. The van der Waals surface area contributed by atoms with Crippen molar-refractivity contribution in [2.75, 3.05) is 0 Å². The van der Waals surface area contributed by atoms with Gasteiger partial charge in [-0.3, -0.25) is 4.79 Å². The Balaban J connectivity index is 1.97. The normalized spacial score (nSPS) is 11.4. The number of rotatable bonds is 3. The maximum absolute atomic E-state index is 13.3. The van der Waals surface area contributed by atoms with Crippen molar-refractivity contribution in [1.82, 2.24) is 39.1 Å². The Hall–Kier alpha value is -3.88. The molecule has 0 spiro atoms. The van der Waals surface area contributed by atoms with Crippen molar-refractivity contribution in [3.8, 4) is 11.3 Å². The molecule has 0 radical (unpaired) electrons. The van der Waals surface area contributed by atoms with E-state index in [1.165, 1.54) is 22.0 Å². The summed E-state index contributed by atoms with van der Waals surface area (Å²) in [4.78, 5) is 22.4. The zero-order chi connectivity index (χ0) is 18.4. The molecule has 27 heavy (non-hydrogen) atoms. The number of pyridine rings is 1. The molecule has 5 rings (SSSR count). The van der Waals surface area contributed by atoms with E-state index >= 15 is 0 Å². The Morgan fingerprint density at radius 1 is 1.00 bits per heavy atom. The molecule has 0 aliphatic heterocycles. The average Bonchev–Trinajstić information content (AvgIpc) is 3.37. The van der Waals surface area contributed by atoms with Crippen LogP contribution >= 0.6 is 0 Å². The van der Waals surface area contributed by atoms with Crippen LogP contribution in [0, 0.1) is 0 Å². The topological polar surface area (TPSA) is 95.8 Å². The maximum Gasteiger partial charge on any atom is 0.281 e. The molecule has 0 aliphatic carbocycles. The molecule has 4 heterocycles. The van der Waals surface area contributed by atoms with Gasteiger partial charge in [0.15, 0.2) is 5.82 Å². The summed E-state index contributed by atoms with van der Waals surface area (Å²) in [5.41, 5.74) is 1.84. The minimum Gasteiger partial charge on any atom is -0.267 e. The van der Waals surface area contributed by atoms with Crippen LogP contribution in [0.2, 0.25) is 0 Å². The second kappa shape index (κ2) is 5.84. The van der Waals surface area contributed by atoms with Crippen LogP contribution in [0.15, 0.2) is 60.0 Å². The van der Waals surface area contributed by atoms with Crippen LogP contribution in [-0.2, 0) is 6.42 Å². The molecule has 9 nitrogen and oxygen atoms in total. The molecule has 0 atom stereocenters. The van der Waals surface area contributed by atoms with E-state index < -0.39 is 0 Å². The highest BCUT2D eigenvalue weighted by Gasteiger charge is 2.18. The third-order valence-electron chi connectivity index (χ3n) is 4.37. The van der Waals surface area contributed by atoms with Crippen LogP contribution in [0.3, 0.4) is 0 Å².